The Balaban J connectivity index is 2.06. The summed E-state index contributed by atoms with van der Waals surface area (Å²) in [7, 11) is 0. The standard InChI is InChI=1S/C18H13NO/c20-19-11-13-6-8-16-15(13)9-10-17-14-4-2-1-3-12(14)5-7-18(16)17/h1-7,9-11,20H,8H2. The van der Waals surface area contributed by atoms with Crippen molar-refractivity contribution in [2.45, 2.75) is 6.42 Å². The van der Waals surface area contributed by atoms with E-state index in [9.17, 15) is 0 Å². The lowest BCUT2D eigenvalue weighted by Crippen LogP contribution is -1.89. The number of benzene rings is 3. The van der Waals surface area contributed by atoms with Gasteiger partial charge in [-0.1, -0.05) is 59.8 Å². The monoisotopic (exact) mass is 259 g/mol. The molecule has 0 heterocycles. The van der Waals surface area contributed by atoms with E-state index in [2.05, 4.69) is 59.8 Å². The lowest BCUT2D eigenvalue weighted by atomic mass is 9.95. The molecule has 0 bridgehead atoms. The number of hydrogen-bond donors (Lipinski definition) is 1. The summed E-state index contributed by atoms with van der Waals surface area (Å²) >= 11 is 0. The quantitative estimate of drug-likeness (QED) is 0.299. The van der Waals surface area contributed by atoms with Crippen molar-refractivity contribution in [3.63, 3.8) is 0 Å². The molecule has 0 atom stereocenters. The third-order valence-corrected chi connectivity index (χ3v) is 4.07. The van der Waals surface area contributed by atoms with Crippen LogP contribution in [-0.4, -0.2) is 11.4 Å². The van der Waals surface area contributed by atoms with Crippen LogP contribution in [0.5, 0.6) is 0 Å². The van der Waals surface area contributed by atoms with Crippen molar-refractivity contribution in [2.24, 2.45) is 5.16 Å². The summed E-state index contributed by atoms with van der Waals surface area (Å²) in [6.07, 6.45) is 4.52. The van der Waals surface area contributed by atoms with Crippen molar-refractivity contribution in [1.82, 2.24) is 0 Å². The van der Waals surface area contributed by atoms with Gasteiger partial charge in [0, 0.05) is 0 Å². The van der Waals surface area contributed by atoms with Gasteiger partial charge >= 0.3 is 0 Å². The van der Waals surface area contributed by atoms with Crippen molar-refractivity contribution in [1.29, 1.82) is 0 Å². The Labute approximate surface area is 116 Å². The molecule has 3 aromatic carbocycles. The first-order chi connectivity index (χ1) is 9.88. The van der Waals surface area contributed by atoms with Crippen LogP contribution in [0, 0.1) is 0 Å². The Morgan fingerprint density at radius 1 is 0.900 bits per heavy atom. The summed E-state index contributed by atoms with van der Waals surface area (Å²) in [5.74, 6) is 0. The zero-order valence-corrected chi connectivity index (χ0v) is 10.9. The fourth-order valence-electron chi connectivity index (χ4n) is 3.15. The molecule has 0 amide bonds. The van der Waals surface area contributed by atoms with E-state index < -0.39 is 0 Å². The Kier molecular flexibility index (Phi) is 2.36. The minimum Gasteiger partial charge on any atom is -0.411 e. The second-order valence-corrected chi connectivity index (χ2v) is 5.08. The van der Waals surface area contributed by atoms with Crippen LogP contribution in [0.3, 0.4) is 0 Å². The van der Waals surface area contributed by atoms with Crippen molar-refractivity contribution in [2.75, 3.05) is 0 Å². The van der Waals surface area contributed by atoms with Gasteiger partial charge in [0.05, 0.1) is 6.21 Å². The molecule has 0 saturated carbocycles. The number of rotatable bonds is 1. The van der Waals surface area contributed by atoms with E-state index >= 15 is 0 Å². The molecule has 0 saturated heterocycles. The molecule has 2 nitrogen and oxygen atoms in total. The van der Waals surface area contributed by atoms with E-state index in [1.807, 2.05) is 0 Å². The number of allylic oxidation sites excluding steroid dienone is 2. The number of oxime groups is 1. The molecule has 2 heteroatoms. The average Bonchev–Trinajstić information content (AvgIpc) is 2.91. The van der Waals surface area contributed by atoms with E-state index in [1.165, 1.54) is 38.9 Å². The first-order valence-corrected chi connectivity index (χ1v) is 6.70. The van der Waals surface area contributed by atoms with Crippen molar-refractivity contribution in [3.05, 3.63) is 65.7 Å². The fourth-order valence-corrected chi connectivity index (χ4v) is 3.15. The van der Waals surface area contributed by atoms with Gasteiger partial charge in [-0.3, -0.25) is 0 Å². The molecule has 96 valence electrons. The molecule has 0 radical (unpaired) electrons. The third-order valence-electron chi connectivity index (χ3n) is 4.07. The molecular weight excluding hydrogens is 246 g/mol. The predicted molar refractivity (Wildman–Crippen MR) is 83.4 cm³/mol. The van der Waals surface area contributed by atoms with Gasteiger partial charge in [-0.2, -0.15) is 0 Å². The van der Waals surface area contributed by atoms with E-state index in [0.717, 1.165) is 12.0 Å². The fraction of sp³-hybridized carbons (Fsp3) is 0.0556. The minimum atomic E-state index is 0.895. The summed E-state index contributed by atoms with van der Waals surface area (Å²) < 4.78 is 0. The molecule has 3 aromatic rings. The molecule has 0 aromatic heterocycles. The van der Waals surface area contributed by atoms with E-state index in [-0.39, 0.29) is 0 Å². The molecule has 4 rings (SSSR count). The zero-order chi connectivity index (χ0) is 13.5. The average molecular weight is 259 g/mol. The predicted octanol–water partition coefficient (Wildman–Crippen LogP) is 4.39. The molecular formula is C18H13NO. The van der Waals surface area contributed by atoms with Crippen molar-refractivity contribution >= 4 is 33.3 Å². The Bertz CT molecular complexity index is 890. The summed E-state index contributed by atoms with van der Waals surface area (Å²) in [5.41, 5.74) is 3.49. The molecule has 0 spiro atoms. The van der Waals surface area contributed by atoms with Crippen LogP contribution in [-0.2, 0) is 6.42 Å². The largest absolute Gasteiger partial charge is 0.411 e. The molecule has 1 aliphatic rings. The maximum atomic E-state index is 8.74. The Morgan fingerprint density at radius 3 is 2.65 bits per heavy atom. The number of hydrogen-bond acceptors (Lipinski definition) is 2. The molecule has 0 aliphatic heterocycles. The van der Waals surface area contributed by atoms with Gasteiger partial charge in [0.25, 0.3) is 0 Å². The smallest absolute Gasteiger partial charge is 0.0736 e. The topological polar surface area (TPSA) is 32.6 Å². The van der Waals surface area contributed by atoms with Gasteiger partial charge < -0.3 is 5.21 Å². The van der Waals surface area contributed by atoms with E-state index in [0.29, 0.717) is 0 Å². The van der Waals surface area contributed by atoms with Crippen LogP contribution in [0.2, 0.25) is 0 Å². The van der Waals surface area contributed by atoms with Gasteiger partial charge in [0.1, 0.15) is 0 Å². The van der Waals surface area contributed by atoms with Gasteiger partial charge in [0.2, 0.25) is 0 Å². The highest BCUT2D eigenvalue weighted by Gasteiger charge is 2.16. The highest BCUT2D eigenvalue weighted by atomic mass is 16.4. The normalized spacial score (nSPS) is 14.1. The summed E-state index contributed by atoms with van der Waals surface area (Å²) in [4.78, 5) is 0. The first-order valence-electron chi connectivity index (χ1n) is 6.70. The molecule has 20 heavy (non-hydrogen) atoms. The lowest BCUT2D eigenvalue weighted by Gasteiger charge is -2.09. The Morgan fingerprint density at radius 2 is 1.75 bits per heavy atom. The first kappa shape index (κ1) is 11.2. The number of fused-ring (bicyclic) bond motifs is 5. The van der Waals surface area contributed by atoms with Gasteiger partial charge in [0.15, 0.2) is 0 Å². The third kappa shape index (κ3) is 1.48. The highest BCUT2D eigenvalue weighted by Crippen LogP contribution is 2.35. The molecule has 1 N–H and O–H groups in total. The summed E-state index contributed by atoms with van der Waals surface area (Å²) in [6, 6.07) is 17.1. The van der Waals surface area contributed by atoms with Crippen LogP contribution in [0.4, 0.5) is 0 Å². The maximum absolute atomic E-state index is 8.74. The van der Waals surface area contributed by atoms with Gasteiger partial charge in [-0.05, 0) is 44.7 Å². The van der Waals surface area contributed by atoms with Crippen LogP contribution in [0.1, 0.15) is 11.1 Å². The Hall–Kier alpha value is -2.61. The molecule has 0 fully saturated rings. The molecule has 0 unspecified atom stereocenters. The second kappa shape index (κ2) is 4.20. The van der Waals surface area contributed by atoms with Gasteiger partial charge in [-0.15, -0.1) is 0 Å². The van der Waals surface area contributed by atoms with Crippen LogP contribution in [0.15, 0.2) is 59.8 Å². The highest BCUT2D eigenvalue weighted by molar-refractivity contribution is 6.16. The minimum absolute atomic E-state index is 0.895. The zero-order valence-electron chi connectivity index (χ0n) is 10.9. The van der Waals surface area contributed by atoms with Crippen LogP contribution in [0.25, 0.3) is 27.1 Å². The summed E-state index contributed by atoms with van der Waals surface area (Å²) in [6.45, 7) is 0. The number of nitrogens with zero attached hydrogens (tertiary/aromatic N) is 1. The van der Waals surface area contributed by atoms with Gasteiger partial charge in [-0.25, -0.2) is 0 Å². The lowest BCUT2D eigenvalue weighted by molar-refractivity contribution is 0.322. The van der Waals surface area contributed by atoms with Crippen molar-refractivity contribution < 1.29 is 5.21 Å². The van der Waals surface area contributed by atoms with E-state index in [4.69, 9.17) is 5.21 Å². The maximum Gasteiger partial charge on any atom is 0.0736 e. The molecule has 1 aliphatic carbocycles. The second-order valence-electron chi connectivity index (χ2n) is 5.08. The summed E-state index contributed by atoms with van der Waals surface area (Å²) in [5, 5.41) is 17.0. The van der Waals surface area contributed by atoms with Crippen molar-refractivity contribution in [3.8, 4) is 0 Å². The van der Waals surface area contributed by atoms with E-state index in [1.54, 1.807) is 0 Å². The van der Waals surface area contributed by atoms with Crippen LogP contribution < -0.4 is 0 Å². The van der Waals surface area contributed by atoms with Crippen LogP contribution >= 0.6 is 0 Å². The SMILES string of the molecule is ON=CC1=CCc2c1ccc1c2ccc2ccccc21.